The summed E-state index contributed by atoms with van der Waals surface area (Å²) in [6.07, 6.45) is 2.41. The van der Waals surface area contributed by atoms with E-state index in [2.05, 4.69) is 10.3 Å². The molecule has 1 aliphatic carbocycles. The molecule has 1 fully saturated rings. The van der Waals surface area contributed by atoms with Crippen molar-refractivity contribution in [2.75, 3.05) is 7.05 Å². The standard InChI is InChI=1S/C13H17F3N2/c1-17-12(9-4-2-3-5-9)10-8-18-7-6-11(10)13(14,15)16/h6-9,12,17H,2-5H2,1H3. The Bertz CT molecular complexity index is 397. The Kier molecular flexibility index (Phi) is 3.90. The number of hydrogen-bond donors (Lipinski definition) is 1. The van der Waals surface area contributed by atoms with Gasteiger partial charge in [-0.3, -0.25) is 4.98 Å². The molecule has 1 unspecified atom stereocenters. The minimum absolute atomic E-state index is 0.252. The van der Waals surface area contributed by atoms with Crippen LogP contribution in [0.2, 0.25) is 0 Å². The van der Waals surface area contributed by atoms with Crippen molar-refractivity contribution >= 4 is 0 Å². The highest BCUT2D eigenvalue weighted by atomic mass is 19.4. The van der Waals surface area contributed by atoms with E-state index in [-0.39, 0.29) is 17.5 Å². The normalized spacial score (nSPS) is 19.1. The van der Waals surface area contributed by atoms with E-state index < -0.39 is 11.7 Å². The summed E-state index contributed by atoms with van der Waals surface area (Å²) in [4.78, 5) is 3.86. The molecule has 1 saturated carbocycles. The Morgan fingerprint density at radius 2 is 2.00 bits per heavy atom. The van der Waals surface area contributed by atoms with Crippen molar-refractivity contribution in [3.05, 3.63) is 29.6 Å². The van der Waals surface area contributed by atoms with Gasteiger partial charge in [0.15, 0.2) is 0 Å². The van der Waals surface area contributed by atoms with Crippen LogP contribution in [0.15, 0.2) is 18.5 Å². The third kappa shape index (κ3) is 2.66. The first-order valence-electron chi connectivity index (χ1n) is 6.22. The Labute approximate surface area is 105 Å². The second-order valence-corrected chi connectivity index (χ2v) is 4.77. The average Bonchev–Trinajstić information content (AvgIpc) is 2.83. The van der Waals surface area contributed by atoms with Crippen molar-refractivity contribution < 1.29 is 13.2 Å². The van der Waals surface area contributed by atoms with E-state index in [9.17, 15) is 13.2 Å². The minimum atomic E-state index is -4.31. The first-order valence-corrected chi connectivity index (χ1v) is 6.22. The molecule has 0 aliphatic heterocycles. The lowest BCUT2D eigenvalue weighted by Crippen LogP contribution is -2.26. The van der Waals surface area contributed by atoms with Gasteiger partial charge in [-0.2, -0.15) is 13.2 Å². The zero-order valence-electron chi connectivity index (χ0n) is 10.3. The van der Waals surface area contributed by atoms with Gasteiger partial charge >= 0.3 is 6.18 Å². The van der Waals surface area contributed by atoms with Crippen LogP contribution in [0.4, 0.5) is 13.2 Å². The van der Waals surface area contributed by atoms with Crippen LogP contribution in [0.5, 0.6) is 0 Å². The molecular weight excluding hydrogens is 241 g/mol. The van der Waals surface area contributed by atoms with Gasteiger partial charge in [-0.05, 0) is 37.4 Å². The molecule has 1 N–H and O–H groups in total. The predicted molar refractivity (Wildman–Crippen MR) is 63.0 cm³/mol. The van der Waals surface area contributed by atoms with Crippen LogP contribution in [0.25, 0.3) is 0 Å². The highest BCUT2D eigenvalue weighted by Crippen LogP contribution is 2.40. The zero-order chi connectivity index (χ0) is 13.2. The second-order valence-electron chi connectivity index (χ2n) is 4.77. The Balaban J connectivity index is 2.35. The van der Waals surface area contributed by atoms with Crippen molar-refractivity contribution in [3.8, 4) is 0 Å². The van der Waals surface area contributed by atoms with E-state index in [1.165, 1.54) is 12.4 Å². The fraction of sp³-hybridized carbons (Fsp3) is 0.615. The van der Waals surface area contributed by atoms with Gasteiger partial charge in [0.1, 0.15) is 0 Å². The highest BCUT2D eigenvalue weighted by Gasteiger charge is 2.37. The van der Waals surface area contributed by atoms with E-state index in [4.69, 9.17) is 0 Å². The number of alkyl halides is 3. The third-order valence-electron chi connectivity index (χ3n) is 3.67. The third-order valence-corrected chi connectivity index (χ3v) is 3.67. The van der Waals surface area contributed by atoms with Crippen molar-refractivity contribution in [3.63, 3.8) is 0 Å². The molecule has 0 saturated heterocycles. The summed E-state index contributed by atoms with van der Waals surface area (Å²) < 4.78 is 38.9. The Hall–Kier alpha value is -1.10. The monoisotopic (exact) mass is 258 g/mol. The second kappa shape index (κ2) is 5.26. The van der Waals surface area contributed by atoms with Crippen LogP contribution >= 0.6 is 0 Å². The fourth-order valence-corrected chi connectivity index (χ4v) is 2.85. The smallest absolute Gasteiger partial charge is 0.313 e. The summed E-state index contributed by atoms with van der Waals surface area (Å²) in [6, 6.07) is 0.812. The van der Waals surface area contributed by atoms with Crippen LogP contribution in [0, 0.1) is 5.92 Å². The molecular formula is C13H17F3N2. The van der Waals surface area contributed by atoms with Crippen LogP contribution in [0.1, 0.15) is 42.9 Å². The number of rotatable bonds is 3. The van der Waals surface area contributed by atoms with E-state index in [1.807, 2.05) is 0 Å². The number of nitrogens with zero attached hydrogens (tertiary/aromatic N) is 1. The first kappa shape index (κ1) is 13.3. The van der Waals surface area contributed by atoms with Crippen molar-refractivity contribution in [2.24, 2.45) is 5.92 Å². The molecule has 100 valence electrons. The number of hydrogen-bond acceptors (Lipinski definition) is 2. The lowest BCUT2D eigenvalue weighted by Gasteiger charge is -2.25. The van der Waals surface area contributed by atoms with E-state index in [0.29, 0.717) is 0 Å². The minimum Gasteiger partial charge on any atom is -0.313 e. The quantitative estimate of drug-likeness (QED) is 0.896. The van der Waals surface area contributed by atoms with Crippen molar-refractivity contribution in [1.82, 2.24) is 10.3 Å². The summed E-state index contributed by atoms with van der Waals surface area (Å²) in [6.45, 7) is 0. The molecule has 5 heteroatoms. The fourth-order valence-electron chi connectivity index (χ4n) is 2.85. The van der Waals surface area contributed by atoms with Crippen LogP contribution in [-0.4, -0.2) is 12.0 Å². The van der Waals surface area contributed by atoms with Gasteiger partial charge in [0.2, 0.25) is 0 Å². The SMILES string of the molecule is CNC(c1cnccc1C(F)(F)F)C1CCCC1. The molecule has 1 aromatic rings. The largest absolute Gasteiger partial charge is 0.416 e. The molecule has 1 atom stereocenters. The zero-order valence-corrected chi connectivity index (χ0v) is 10.3. The molecule has 1 aliphatic rings. The van der Waals surface area contributed by atoms with Gasteiger partial charge in [0.05, 0.1) is 5.56 Å². The summed E-state index contributed by atoms with van der Waals surface area (Å²) in [5.41, 5.74) is -0.289. The van der Waals surface area contributed by atoms with Crippen LogP contribution in [0.3, 0.4) is 0 Å². The Morgan fingerprint density at radius 3 is 2.56 bits per heavy atom. The van der Waals surface area contributed by atoms with E-state index in [1.54, 1.807) is 7.05 Å². The number of aromatic nitrogens is 1. The molecule has 2 nitrogen and oxygen atoms in total. The molecule has 18 heavy (non-hydrogen) atoms. The van der Waals surface area contributed by atoms with Gasteiger partial charge in [0, 0.05) is 18.4 Å². The molecule has 2 rings (SSSR count). The molecule has 0 spiro atoms. The molecule has 1 aromatic heterocycles. The molecule has 0 radical (unpaired) electrons. The molecule has 0 amide bonds. The van der Waals surface area contributed by atoms with Crippen LogP contribution < -0.4 is 5.32 Å². The lowest BCUT2D eigenvalue weighted by atomic mass is 9.90. The topological polar surface area (TPSA) is 24.9 Å². The summed E-state index contributed by atoms with van der Waals surface area (Å²) in [5.74, 6) is 0.278. The van der Waals surface area contributed by atoms with Crippen molar-refractivity contribution in [1.29, 1.82) is 0 Å². The lowest BCUT2D eigenvalue weighted by molar-refractivity contribution is -0.138. The van der Waals surface area contributed by atoms with Gasteiger partial charge in [-0.25, -0.2) is 0 Å². The van der Waals surface area contributed by atoms with E-state index >= 15 is 0 Å². The number of nitrogens with one attached hydrogen (secondary N) is 1. The predicted octanol–water partition coefficient (Wildman–Crippen LogP) is 3.55. The summed E-state index contributed by atoms with van der Waals surface area (Å²) >= 11 is 0. The van der Waals surface area contributed by atoms with Gasteiger partial charge in [-0.1, -0.05) is 12.8 Å². The van der Waals surface area contributed by atoms with Gasteiger partial charge in [-0.15, -0.1) is 0 Å². The maximum Gasteiger partial charge on any atom is 0.416 e. The first-order chi connectivity index (χ1) is 8.54. The summed E-state index contributed by atoms with van der Waals surface area (Å²) in [7, 11) is 1.72. The Morgan fingerprint density at radius 1 is 1.33 bits per heavy atom. The van der Waals surface area contributed by atoms with Gasteiger partial charge < -0.3 is 5.32 Å². The molecule has 0 bridgehead atoms. The maximum atomic E-state index is 13.0. The van der Waals surface area contributed by atoms with Crippen LogP contribution in [-0.2, 0) is 6.18 Å². The highest BCUT2D eigenvalue weighted by molar-refractivity contribution is 5.30. The average molecular weight is 258 g/mol. The summed E-state index contributed by atoms with van der Waals surface area (Å²) in [5, 5.41) is 3.03. The number of halogens is 3. The van der Waals surface area contributed by atoms with Gasteiger partial charge in [0.25, 0.3) is 0 Å². The number of pyridine rings is 1. The van der Waals surface area contributed by atoms with Crippen molar-refractivity contribution in [2.45, 2.75) is 37.9 Å². The maximum absolute atomic E-state index is 13.0. The molecule has 0 aromatic carbocycles. The van der Waals surface area contributed by atoms with E-state index in [0.717, 1.165) is 31.7 Å². The molecule has 1 heterocycles.